The summed E-state index contributed by atoms with van der Waals surface area (Å²) in [5.41, 5.74) is 7.52. The predicted octanol–water partition coefficient (Wildman–Crippen LogP) is 2.67. The highest BCUT2D eigenvalue weighted by atomic mass is 16.1. The van der Waals surface area contributed by atoms with Crippen LogP contribution in [0.3, 0.4) is 0 Å². The van der Waals surface area contributed by atoms with Crippen molar-refractivity contribution in [2.24, 2.45) is 5.92 Å². The van der Waals surface area contributed by atoms with Gasteiger partial charge in [0.25, 0.3) is 5.91 Å². The first-order valence-electron chi connectivity index (χ1n) is 7.05. The zero-order valence-corrected chi connectivity index (χ0v) is 12.4. The molecule has 0 unspecified atom stereocenters. The molecule has 0 saturated carbocycles. The van der Waals surface area contributed by atoms with E-state index in [9.17, 15) is 4.79 Å². The second kappa shape index (κ2) is 7.16. The van der Waals surface area contributed by atoms with Crippen molar-refractivity contribution in [3.8, 4) is 0 Å². The lowest BCUT2D eigenvalue weighted by Gasteiger charge is -2.06. The Labute approximate surface area is 115 Å². The second-order valence-corrected chi connectivity index (χ2v) is 5.70. The average molecular weight is 266 g/mol. The van der Waals surface area contributed by atoms with E-state index in [1.54, 1.807) is 0 Å². The van der Waals surface area contributed by atoms with Gasteiger partial charge in [-0.15, -0.1) is 0 Å². The monoisotopic (exact) mass is 266 g/mol. The van der Waals surface area contributed by atoms with Gasteiger partial charge in [0.15, 0.2) is 5.69 Å². The maximum atomic E-state index is 11.9. The largest absolute Gasteiger partial charge is 0.395 e. The molecule has 0 saturated heterocycles. The minimum atomic E-state index is -0.190. The summed E-state index contributed by atoms with van der Waals surface area (Å²) in [6.07, 6.45) is 3.31. The molecule has 108 valence electrons. The highest BCUT2D eigenvalue weighted by molar-refractivity contribution is 5.97. The van der Waals surface area contributed by atoms with Crippen LogP contribution >= 0.6 is 0 Å². The van der Waals surface area contributed by atoms with E-state index in [4.69, 9.17) is 5.73 Å². The number of nitrogen functional groups attached to an aromatic ring is 1. The van der Waals surface area contributed by atoms with Crippen LogP contribution in [-0.4, -0.2) is 22.6 Å². The second-order valence-electron chi connectivity index (χ2n) is 5.70. The fraction of sp³-hybridized carbons (Fsp3) is 0.714. The molecule has 5 nitrogen and oxygen atoms in total. The van der Waals surface area contributed by atoms with Gasteiger partial charge in [-0.25, -0.2) is 0 Å². The van der Waals surface area contributed by atoms with Crippen LogP contribution < -0.4 is 11.1 Å². The van der Waals surface area contributed by atoms with E-state index in [2.05, 4.69) is 29.4 Å². The number of nitrogens with one attached hydrogen (secondary N) is 2. The molecule has 0 aliphatic rings. The Kier molecular flexibility index (Phi) is 5.86. The van der Waals surface area contributed by atoms with Crippen LogP contribution in [0.5, 0.6) is 0 Å². The van der Waals surface area contributed by atoms with Crippen LogP contribution in [0.15, 0.2) is 0 Å². The number of aromatic nitrogens is 2. The van der Waals surface area contributed by atoms with Crippen molar-refractivity contribution in [3.63, 3.8) is 0 Å². The number of anilines is 1. The number of nitrogens with zero attached hydrogens (tertiary/aromatic N) is 1. The number of carbonyl (C=O) groups is 1. The number of rotatable bonds is 7. The molecule has 4 N–H and O–H groups in total. The molecule has 5 heteroatoms. The fourth-order valence-electron chi connectivity index (χ4n) is 1.94. The first-order valence-corrected chi connectivity index (χ1v) is 7.05. The Morgan fingerprint density at radius 2 is 2.00 bits per heavy atom. The van der Waals surface area contributed by atoms with Crippen LogP contribution in [0.1, 0.15) is 69.1 Å². The maximum absolute atomic E-state index is 11.9. The number of carbonyl (C=O) groups excluding carboxylic acids is 1. The van der Waals surface area contributed by atoms with Gasteiger partial charge in [-0.05, 0) is 18.3 Å². The molecule has 1 aromatic rings. The van der Waals surface area contributed by atoms with Crippen LogP contribution in [0.2, 0.25) is 0 Å². The molecule has 0 aliphatic carbocycles. The first kappa shape index (κ1) is 15.5. The van der Waals surface area contributed by atoms with Crippen molar-refractivity contribution in [2.45, 2.75) is 52.9 Å². The first-order chi connectivity index (χ1) is 8.93. The minimum absolute atomic E-state index is 0.190. The van der Waals surface area contributed by atoms with E-state index >= 15 is 0 Å². The highest BCUT2D eigenvalue weighted by Gasteiger charge is 2.18. The number of hydrogen-bond acceptors (Lipinski definition) is 3. The zero-order valence-electron chi connectivity index (χ0n) is 12.4. The molecule has 0 fully saturated rings. The van der Waals surface area contributed by atoms with Gasteiger partial charge in [-0.2, -0.15) is 5.10 Å². The predicted molar refractivity (Wildman–Crippen MR) is 78.1 cm³/mol. The number of H-pyrrole nitrogens is 1. The van der Waals surface area contributed by atoms with Gasteiger partial charge in [0, 0.05) is 6.54 Å². The van der Waals surface area contributed by atoms with Crippen molar-refractivity contribution in [1.82, 2.24) is 15.5 Å². The topological polar surface area (TPSA) is 83.8 Å². The number of unbranched alkanes of at least 4 members (excludes halogenated alkanes) is 1. The van der Waals surface area contributed by atoms with Gasteiger partial charge in [-0.3, -0.25) is 9.89 Å². The molecule has 1 rings (SSSR count). The van der Waals surface area contributed by atoms with Crippen molar-refractivity contribution in [2.75, 3.05) is 12.3 Å². The van der Waals surface area contributed by atoms with Gasteiger partial charge in [0.1, 0.15) is 0 Å². The van der Waals surface area contributed by atoms with Gasteiger partial charge >= 0.3 is 0 Å². The molecule has 0 spiro atoms. The van der Waals surface area contributed by atoms with Crippen molar-refractivity contribution in [3.05, 3.63) is 11.4 Å². The smallest absolute Gasteiger partial charge is 0.273 e. The van der Waals surface area contributed by atoms with E-state index in [1.165, 1.54) is 6.42 Å². The van der Waals surface area contributed by atoms with Crippen LogP contribution in [-0.2, 0) is 0 Å². The molecular weight excluding hydrogens is 240 g/mol. The molecule has 1 aromatic heterocycles. The van der Waals surface area contributed by atoms with Gasteiger partial charge in [0.05, 0.1) is 11.4 Å². The fourth-order valence-corrected chi connectivity index (χ4v) is 1.94. The summed E-state index contributed by atoms with van der Waals surface area (Å²) in [5, 5.41) is 9.70. The minimum Gasteiger partial charge on any atom is -0.395 e. The van der Waals surface area contributed by atoms with Gasteiger partial charge < -0.3 is 11.1 Å². The quantitative estimate of drug-likeness (QED) is 0.663. The molecule has 0 aromatic carbocycles. The van der Waals surface area contributed by atoms with E-state index in [0.717, 1.165) is 18.5 Å². The molecular formula is C14H26N4O. The number of hydrogen-bond donors (Lipinski definition) is 3. The van der Waals surface area contributed by atoms with Crippen LogP contribution in [0.25, 0.3) is 0 Å². The Bertz CT molecular complexity index is 410. The standard InChI is InChI=1S/C14H26N4O/c1-9(2)7-5-6-8-16-14(19)13-11(15)12(10(3)4)17-18-13/h9-10H,5-8,15H2,1-4H3,(H,16,19)(H,17,18). The molecule has 0 aliphatic heterocycles. The summed E-state index contributed by atoms with van der Waals surface area (Å²) >= 11 is 0. The molecule has 1 heterocycles. The molecule has 0 atom stereocenters. The van der Waals surface area contributed by atoms with E-state index in [0.29, 0.717) is 23.8 Å². The zero-order chi connectivity index (χ0) is 14.4. The summed E-state index contributed by atoms with van der Waals surface area (Å²) in [6.45, 7) is 9.11. The Hall–Kier alpha value is -1.52. The van der Waals surface area contributed by atoms with Gasteiger partial charge in [0.2, 0.25) is 0 Å². The normalized spacial score (nSPS) is 11.3. The highest BCUT2D eigenvalue weighted by Crippen LogP contribution is 2.21. The summed E-state index contributed by atoms with van der Waals surface area (Å²) in [4.78, 5) is 11.9. The van der Waals surface area contributed by atoms with Crippen molar-refractivity contribution in [1.29, 1.82) is 0 Å². The summed E-state index contributed by atoms with van der Waals surface area (Å²) in [6, 6.07) is 0. The summed E-state index contributed by atoms with van der Waals surface area (Å²) in [5.74, 6) is 0.761. The molecule has 1 amide bonds. The van der Waals surface area contributed by atoms with Crippen LogP contribution in [0, 0.1) is 5.92 Å². The van der Waals surface area contributed by atoms with Gasteiger partial charge in [-0.1, -0.05) is 40.5 Å². The van der Waals surface area contributed by atoms with E-state index < -0.39 is 0 Å². The number of nitrogens with two attached hydrogens (primary N) is 1. The maximum Gasteiger partial charge on any atom is 0.273 e. The SMILES string of the molecule is CC(C)CCCCNC(=O)c1n[nH]c(C(C)C)c1N. The van der Waals surface area contributed by atoms with E-state index in [1.807, 2.05) is 13.8 Å². The summed E-state index contributed by atoms with van der Waals surface area (Å²) < 4.78 is 0. The number of aromatic amines is 1. The molecule has 0 bridgehead atoms. The molecule has 19 heavy (non-hydrogen) atoms. The Morgan fingerprint density at radius 1 is 1.32 bits per heavy atom. The summed E-state index contributed by atoms with van der Waals surface area (Å²) in [7, 11) is 0. The third-order valence-electron chi connectivity index (χ3n) is 3.12. The Balaban J connectivity index is 2.42. The number of amides is 1. The van der Waals surface area contributed by atoms with Crippen LogP contribution in [0.4, 0.5) is 5.69 Å². The lowest BCUT2D eigenvalue weighted by Crippen LogP contribution is -2.25. The average Bonchev–Trinajstić information content (AvgIpc) is 2.70. The van der Waals surface area contributed by atoms with E-state index in [-0.39, 0.29) is 11.8 Å². The Morgan fingerprint density at radius 3 is 2.53 bits per heavy atom. The molecule has 0 radical (unpaired) electrons. The third-order valence-corrected chi connectivity index (χ3v) is 3.12. The lowest BCUT2D eigenvalue weighted by molar-refractivity contribution is 0.0948. The van der Waals surface area contributed by atoms with Crippen molar-refractivity contribution >= 4 is 11.6 Å². The van der Waals surface area contributed by atoms with Crippen molar-refractivity contribution < 1.29 is 4.79 Å². The lowest BCUT2D eigenvalue weighted by atomic mass is 10.1. The third kappa shape index (κ3) is 4.58.